The highest BCUT2D eigenvalue weighted by Crippen LogP contribution is 2.36. The lowest BCUT2D eigenvalue weighted by Crippen LogP contribution is -2.29. The minimum absolute atomic E-state index is 0.0424. The SMILES string of the molecule is Cc1c(C(=O)N(C)CCO)cnn1-c1nccc(-c2ccccc2C(F)(F)F)n1. The second kappa shape index (κ2) is 8.00. The van der Waals surface area contributed by atoms with E-state index in [0.29, 0.717) is 5.69 Å². The minimum Gasteiger partial charge on any atom is -0.395 e. The van der Waals surface area contributed by atoms with Crippen molar-refractivity contribution >= 4 is 5.91 Å². The number of aromatic nitrogens is 4. The lowest BCUT2D eigenvalue weighted by atomic mass is 10.0. The van der Waals surface area contributed by atoms with Crippen LogP contribution in [0.4, 0.5) is 13.2 Å². The summed E-state index contributed by atoms with van der Waals surface area (Å²) < 4.78 is 41.3. The lowest BCUT2D eigenvalue weighted by molar-refractivity contribution is -0.137. The molecule has 0 bridgehead atoms. The summed E-state index contributed by atoms with van der Waals surface area (Å²) in [4.78, 5) is 22.1. The molecule has 2 heterocycles. The van der Waals surface area contributed by atoms with Crippen molar-refractivity contribution in [1.82, 2.24) is 24.6 Å². The molecule has 1 N–H and O–H groups in total. The normalized spacial score (nSPS) is 11.5. The van der Waals surface area contributed by atoms with Crippen LogP contribution in [0, 0.1) is 6.92 Å². The van der Waals surface area contributed by atoms with Crippen LogP contribution in [0.3, 0.4) is 0 Å². The summed E-state index contributed by atoms with van der Waals surface area (Å²) >= 11 is 0. The molecule has 10 heteroatoms. The zero-order valence-electron chi connectivity index (χ0n) is 15.7. The number of aliphatic hydroxyl groups is 1. The number of benzene rings is 1. The molecule has 3 aromatic rings. The zero-order valence-corrected chi connectivity index (χ0v) is 15.7. The molecule has 152 valence electrons. The zero-order chi connectivity index (χ0) is 21.2. The molecule has 29 heavy (non-hydrogen) atoms. The third kappa shape index (κ3) is 4.11. The molecule has 0 saturated carbocycles. The van der Waals surface area contributed by atoms with E-state index in [1.54, 1.807) is 14.0 Å². The number of carbonyl (C=O) groups excluding carboxylic acids is 1. The Morgan fingerprint density at radius 3 is 2.66 bits per heavy atom. The third-order valence-corrected chi connectivity index (χ3v) is 4.36. The van der Waals surface area contributed by atoms with Gasteiger partial charge in [-0.15, -0.1) is 0 Å². The fourth-order valence-electron chi connectivity index (χ4n) is 2.83. The second-order valence-corrected chi connectivity index (χ2v) is 6.29. The van der Waals surface area contributed by atoms with Crippen molar-refractivity contribution in [2.24, 2.45) is 0 Å². The molecule has 7 nitrogen and oxygen atoms in total. The van der Waals surface area contributed by atoms with Gasteiger partial charge in [0, 0.05) is 25.4 Å². The van der Waals surface area contributed by atoms with E-state index in [4.69, 9.17) is 5.11 Å². The number of halogens is 3. The molecular formula is C19H18F3N5O2. The van der Waals surface area contributed by atoms with Crippen molar-refractivity contribution in [1.29, 1.82) is 0 Å². The van der Waals surface area contributed by atoms with E-state index >= 15 is 0 Å². The highest BCUT2D eigenvalue weighted by atomic mass is 19.4. The van der Waals surface area contributed by atoms with Gasteiger partial charge in [-0.3, -0.25) is 4.79 Å². The standard InChI is InChI=1S/C19H18F3N5O2/c1-12-14(17(29)26(2)9-10-28)11-24-27(12)18-23-8-7-16(25-18)13-5-3-4-6-15(13)19(20,21)22/h3-8,11,28H,9-10H2,1-2H3. The molecule has 0 radical (unpaired) electrons. The highest BCUT2D eigenvalue weighted by molar-refractivity contribution is 5.95. The van der Waals surface area contributed by atoms with Gasteiger partial charge in [-0.2, -0.15) is 18.3 Å². The van der Waals surface area contributed by atoms with Crippen LogP contribution >= 0.6 is 0 Å². The summed E-state index contributed by atoms with van der Waals surface area (Å²) in [5.74, 6) is -0.304. The van der Waals surface area contributed by atoms with Gasteiger partial charge in [-0.25, -0.2) is 14.6 Å². The maximum atomic E-state index is 13.3. The number of rotatable bonds is 5. The Morgan fingerprint density at radius 2 is 1.97 bits per heavy atom. The van der Waals surface area contributed by atoms with Crippen LogP contribution in [0.25, 0.3) is 17.2 Å². The molecule has 0 aliphatic carbocycles. The largest absolute Gasteiger partial charge is 0.417 e. The summed E-state index contributed by atoms with van der Waals surface area (Å²) in [5.41, 5.74) is -0.0782. The number of hydrogen-bond acceptors (Lipinski definition) is 5. The van der Waals surface area contributed by atoms with Gasteiger partial charge in [0.05, 0.1) is 35.3 Å². The average Bonchev–Trinajstić information content (AvgIpc) is 3.08. The second-order valence-electron chi connectivity index (χ2n) is 6.29. The molecule has 0 fully saturated rings. The van der Waals surface area contributed by atoms with Gasteiger partial charge in [-0.05, 0) is 19.1 Å². The molecule has 2 aromatic heterocycles. The van der Waals surface area contributed by atoms with Gasteiger partial charge >= 0.3 is 6.18 Å². The van der Waals surface area contributed by atoms with Gasteiger partial charge in [0.25, 0.3) is 11.9 Å². The monoisotopic (exact) mass is 405 g/mol. The van der Waals surface area contributed by atoms with E-state index < -0.39 is 11.7 Å². The molecule has 3 rings (SSSR count). The maximum absolute atomic E-state index is 13.3. The topological polar surface area (TPSA) is 84.1 Å². The Balaban J connectivity index is 2.02. The van der Waals surface area contributed by atoms with Gasteiger partial charge in [-0.1, -0.05) is 18.2 Å². The van der Waals surface area contributed by atoms with Crippen LogP contribution in [-0.4, -0.2) is 55.9 Å². The molecule has 0 unspecified atom stereocenters. The molecule has 1 amide bonds. The number of aliphatic hydroxyl groups excluding tert-OH is 1. The van der Waals surface area contributed by atoms with Crippen LogP contribution in [-0.2, 0) is 6.18 Å². The van der Waals surface area contributed by atoms with Gasteiger partial charge in [0.15, 0.2) is 0 Å². The highest BCUT2D eigenvalue weighted by Gasteiger charge is 2.33. The number of alkyl halides is 3. The van der Waals surface area contributed by atoms with Crippen LogP contribution < -0.4 is 0 Å². The summed E-state index contributed by atoms with van der Waals surface area (Å²) in [7, 11) is 1.54. The average molecular weight is 405 g/mol. The van der Waals surface area contributed by atoms with Gasteiger partial charge < -0.3 is 10.0 Å². The first kappa shape index (κ1) is 20.5. The number of nitrogens with zero attached hydrogens (tertiary/aromatic N) is 5. The molecule has 0 atom stereocenters. The molecule has 0 spiro atoms. The summed E-state index contributed by atoms with van der Waals surface area (Å²) in [6.07, 6.45) is -1.85. The maximum Gasteiger partial charge on any atom is 0.417 e. The van der Waals surface area contributed by atoms with Crippen molar-refractivity contribution in [3.8, 4) is 17.2 Å². The summed E-state index contributed by atoms with van der Waals surface area (Å²) in [5, 5.41) is 13.1. The lowest BCUT2D eigenvalue weighted by Gasteiger charge is -2.15. The van der Waals surface area contributed by atoms with Crippen LogP contribution in [0.15, 0.2) is 42.7 Å². The first-order valence-corrected chi connectivity index (χ1v) is 8.65. The number of carbonyl (C=O) groups is 1. The quantitative estimate of drug-likeness (QED) is 0.706. The molecule has 1 aromatic carbocycles. The fraction of sp³-hybridized carbons (Fsp3) is 0.263. The van der Waals surface area contributed by atoms with Crippen molar-refractivity contribution in [2.75, 3.05) is 20.2 Å². The number of amides is 1. The number of likely N-dealkylation sites (N-methyl/N-ethyl adjacent to an activating group) is 1. The van der Waals surface area contributed by atoms with E-state index in [2.05, 4.69) is 15.1 Å². The van der Waals surface area contributed by atoms with E-state index in [0.717, 1.165) is 6.07 Å². The first-order valence-electron chi connectivity index (χ1n) is 8.65. The van der Waals surface area contributed by atoms with Crippen LogP contribution in [0.1, 0.15) is 21.6 Å². The summed E-state index contributed by atoms with van der Waals surface area (Å²) in [6.45, 7) is 1.61. The van der Waals surface area contributed by atoms with Crippen molar-refractivity contribution in [3.05, 3.63) is 59.5 Å². The Labute approximate surface area is 164 Å². The predicted molar refractivity (Wildman–Crippen MR) is 98.4 cm³/mol. The van der Waals surface area contributed by atoms with E-state index in [1.165, 1.54) is 46.2 Å². The minimum atomic E-state index is -4.53. The Kier molecular flexibility index (Phi) is 5.64. The van der Waals surface area contributed by atoms with Gasteiger partial charge in [0.2, 0.25) is 0 Å². The van der Waals surface area contributed by atoms with Crippen molar-refractivity contribution in [2.45, 2.75) is 13.1 Å². The third-order valence-electron chi connectivity index (χ3n) is 4.36. The predicted octanol–water partition coefficient (Wildman–Crippen LogP) is 2.72. The Hall–Kier alpha value is -3.27. The molecule has 0 saturated heterocycles. The molecule has 0 aliphatic heterocycles. The van der Waals surface area contributed by atoms with Crippen LogP contribution in [0.2, 0.25) is 0 Å². The fourth-order valence-corrected chi connectivity index (χ4v) is 2.83. The molecule has 0 aliphatic rings. The van der Waals surface area contributed by atoms with E-state index in [1.807, 2.05) is 0 Å². The Bertz CT molecular complexity index is 1030. The van der Waals surface area contributed by atoms with Crippen molar-refractivity contribution < 1.29 is 23.1 Å². The van der Waals surface area contributed by atoms with E-state index in [-0.39, 0.29) is 41.8 Å². The molecular weight excluding hydrogens is 387 g/mol. The number of hydrogen-bond donors (Lipinski definition) is 1. The summed E-state index contributed by atoms with van der Waals surface area (Å²) in [6, 6.07) is 6.52. The van der Waals surface area contributed by atoms with Crippen molar-refractivity contribution in [3.63, 3.8) is 0 Å². The first-order chi connectivity index (χ1) is 13.7. The van der Waals surface area contributed by atoms with Gasteiger partial charge in [0.1, 0.15) is 0 Å². The van der Waals surface area contributed by atoms with E-state index in [9.17, 15) is 18.0 Å². The smallest absolute Gasteiger partial charge is 0.395 e. The van der Waals surface area contributed by atoms with Crippen LogP contribution in [0.5, 0.6) is 0 Å². The Morgan fingerprint density at radius 1 is 1.24 bits per heavy atom.